The third-order valence-electron chi connectivity index (χ3n) is 3.46. The maximum absolute atomic E-state index is 13.6. The molecular formula is C15H16F3N2OS+. The summed E-state index contributed by atoms with van der Waals surface area (Å²) in [5.74, 6) is -4.73. The molecule has 1 amide bonds. The molecule has 3 nitrogen and oxygen atoms in total. The highest BCUT2D eigenvalue weighted by Gasteiger charge is 2.24. The molecule has 0 saturated heterocycles. The lowest BCUT2D eigenvalue weighted by Crippen LogP contribution is -3.12. The van der Waals surface area contributed by atoms with E-state index in [1.54, 1.807) is 18.3 Å². The van der Waals surface area contributed by atoms with Crippen LogP contribution in [-0.4, -0.2) is 19.0 Å². The second kappa shape index (κ2) is 6.93. The van der Waals surface area contributed by atoms with Crippen molar-refractivity contribution in [3.8, 4) is 0 Å². The minimum atomic E-state index is -1.59. The average Bonchev–Trinajstić information content (AvgIpc) is 2.99. The zero-order valence-corrected chi connectivity index (χ0v) is 12.9. The molecule has 118 valence electrons. The minimum absolute atomic E-state index is 0.361. The normalized spacial score (nSPS) is 13.7. The van der Waals surface area contributed by atoms with Crippen LogP contribution in [0.2, 0.25) is 0 Å². The molecule has 0 saturated carbocycles. The molecule has 0 spiro atoms. The van der Waals surface area contributed by atoms with Gasteiger partial charge in [-0.3, -0.25) is 4.79 Å². The molecular weight excluding hydrogens is 313 g/mol. The Morgan fingerprint density at radius 1 is 1.27 bits per heavy atom. The zero-order valence-electron chi connectivity index (χ0n) is 12.1. The smallest absolute Gasteiger partial charge is 0.282 e. The summed E-state index contributed by atoms with van der Waals surface area (Å²) in [6, 6.07) is 5.20. The quantitative estimate of drug-likeness (QED) is 0.810. The van der Waals surface area contributed by atoms with E-state index in [0.717, 1.165) is 21.9 Å². The van der Waals surface area contributed by atoms with Crippen molar-refractivity contribution < 1.29 is 22.9 Å². The average molecular weight is 329 g/mol. The number of quaternary nitrogens is 1. The fourth-order valence-corrected chi connectivity index (χ4v) is 2.73. The van der Waals surface area contributed by atoms with E-state index in [2.05, 4.69) is 5.32 Å². The predicted molar refractivity (Wildman–Crippen MR) is 79.3 cm³/mol. The lowest BCUT2D eigenvalue weighted by molar-refractivity contribution is -0.907. The van der Waals surface area contributed by atoms with E-state index in [1.807, 2.05) is 24.6 Å². The number of hydrogen-bond acceptors (Lipinski definition) is 2. The topological polar surface area (TPSA) is 33.5 Å². The van der Waals surface area contributed by atoms with Gasteiger partial charge in [0, 0.05) is 0 Å². The van der Waals surface area contributed by atoms with Gasteiger partial charge >= 0.3 is 0 Å². The fourth-order valence-electron chi connectivity index (χ4n) is 1.93. The van der Waals surface area contributed by atoms with Crippen LogP contribution in [0.4, 0.5) is 18.9 Å². The zero-order chi connectivity index (χ0) is 16.3. The van der Waals surface area contributed by atoms with Crippen molar-refractivity contribution in [3.05, 3.63) is 52.0 Å². The van der Waals surface area contributed by atoms with E-state index in [1.165, 1.54) is 0 Å². The van der Waals surface area contributed by atoms with E-state index in [-0.39, 0.29) is 5.69 Å². The number of hydrogen-bond donors (Lipinski definition) is 2. The number of rotatable bonds is 5. The number of carbonyl (C=O) groups excluding carboxylic acids is 1. The van der Waals surface area contributed by atoms with E-state index in [9.17, 15) is 18.0 Å². The molecule has 1 unspecified atom stereocenters. The first-order valence-electron chi connectivity index (χ1n) is 6.69. The van der Waals surface area contributed by atoms with Gasteiger partial charge in [0.15, 0.2) is 23.5 Å². The van der Waals surface area contributed by atoms with Crippen LogP contribution in [0.3, 0.4) is 0 Å². The van der Waals surface area contributed by atoms with Gasteiger partial charge in [-0.15, -0.1) is 11.3 Å². The van der Waals surface area contributed by atoms with E-state index >= 15 is 0 Å². The highest BCUT2D eigenvalue weighted by molar-refractivity contribution is 7.09. The summed E-state index contributed by atoms with van der Waals surface area (Å²) in [6.07, 6.45) is 0. The summed E-state index contributed by atoms with van der Waals surface area (Å²) in [7, 11) is 1.84. The molecule has 1 aromatic carbocycles. The minimum Gasteiger partial charge on any atom is -0.323 e. The van der Waals surface area contributed by atoms with Crippen molar-refractivity contribution in [1.29, 1.82) is 0 Å². The van der Waals surface area contributed by atoms with Crippen molar-refractivity contribution >= 4 is 22.9 Å². The summed E-state index contributed by atoms with van der Waals surface area (Å²) in [5.41, 5.74) is -0.361. The Hall–Kier alpha value is -1.86. The Labute approximate surface area is 130 Å². The predicted octanol–water partition coefficient (Wildman–Crippen LogP) is 2.21. The maximum atomic E-state index is 13.6. The lowest BCUT2D eigenvalue weighted by atomic mass is 10.2. The molecule has 0 aliphatic carbocycles. The number of anilines is 1. The van der Waals surface area contributed by atoms with Gasteiger partial charge in [-0.05, 0) is 30.5 Å². The molecule has 0 fully saturated rings. The first-order valence-corrected chi connectivity index (χ1v) is 7.57. The SMILES string of the molecule is C[C@H](C(=O)Nc1ccc(F)c(F)c1F)[NH+](C)Cc1cccs1. The molecule has 0 aliphatic rings. The third kappa shape index (κ3) is 3.66. The van der Waals surface area contributed by atoms with Crippen molar-refractivity contribution in [1.82, 2.24) is 0 Å². The molecule has 7 heteroatoms. The largest absolute Gasteiger partial charge is 0.323 e. The number of halogens is 3. The van der Waals surface area contributed by atoms with Gasteiger partial charge in [-0.1, -0.05) is 6.07 Å². The Morgan fingerprint density at radius 3 is 2.64 bits per heavy atom. The molecule has 2 rings (SSSR count). The second-order valence-corrected chi connectivity index (χ2v) is 6.07. The van der Waals surface area contributed by atoms with E-state index in [4.69, 9.17) is 0 Å². The highest BCUT2D eigenvalue weighted by atomic mass is 32.1. The Bertz CT molecular complexity index is 661. The second-order valence-electron chi connectivity index (χ2n) is 5.04. The van der Waals surface area contributed by atoms with Crippen molar-refractivity contribution in [2.45, 2.75) is 19.5 Å². The Kier molecular flexibility index (Phi) is 5.20. The number of amides is 1. The number of thiophene rings is 1. The summed E-state index contributed by atoms with van der Waals surface area (Å²) in [5, 5.41) is 4.25. The van der Waals surface area contributed by atoms with Crippen LogP contribution >= 0.6 is 11.3 Å². The molecule has 1 heterocycles. The van der Waals surface area contributed by atoms with Crippen LogP contribution in [-0.2, 0) is 11.3 Å². The molecule has 1 aromatic heterocycles. The van der Waals surface area contributed by atoms with E-state index < -0.39 is 29.4 Å². The molecule has 2 aromatic rings. The standard InChI is InChI=1S/C15H15F3N2OS/c1-9(20(2)8-10-4-3-7-22-10)15(21)19-12-6-5-11(16)13(17)14(12)18/h3-7,9H,8H2,1-2H3,(H,19,21)/p+1/t9-/m1/s1. The monoisotopic (exact) mass is 329 g/mol. The molecule has 2 atom stereocenters. The van der Waals surface area contributed by atoms with Gasteiger partial charge in [0.2, 0.25) is 0 Å². The summed E-state index contributed by atoms with van der Waals surface area (Å²) in [4.78, 5) is 14.1. The third-order valence-corrected chi connectivity index (χ3v) is 4.34. The summed E-state index contributed by atoms with van der Waals surface area (Å²) in [6.45, 7) is 2.34. The number of likely N-dealkylation sites (N-methyl/N-ethyl adjacent to an activating group) is 1. The summed E-state index contributed by atoms with van der Waals surface area (Å²) < 4.78 is 39.6. The molecule has 0 radical (unpaired) electrons. The summed E-state index contributed by atoms with van der Waals surface area (Å²) >= 11 is 1.59. The van der Waals surface area contributed by atoms with Gasteiger partial charge < -0.3 is 10.2 Å². The highest BCUT2D eigenvalue weighted by Crippen LogP contribution is 2.19. The van der Waals surface area contributed by atoms with Gasteiger partial charge in [0.25, 0.3) is 5.91 Å². The molecule has 22 heavy (non-hydrogen) atoms. The molecule has 2 N–H and O–H groups in total. The van der Waals surface area contributed by atoms with Crippen LogP contribution in [0.15, 0.2) is 29.6 Å². The van der Waals surface area contributed by atoms with Crippen molar-refractivity contribution in [2.24, 2.45) is 0 Å². The number of nitrogens with one attached hydrogen (secondary N) is 2. The molecule has 0 bridgehead atoms. The number of carbonyl (C=O) groups is 1. The van der Waals surface area contributed by atoms with Crippen LogP contribution in [0.25, 0.3) is 0 Å². The Balaban J connectivity index is 2.03. The Morgan fingerprint density at radius 2 is 2.00 bits per heavy atom. The first kappa shape index (κ1) is 16.5. The van der Waals surface area contributed by atoms with Gasteiger partial charge in [-0.25, -0.2) is 13.2 Å². The maximum Gasteiger partial charge on any atom is 0.282 e. The van der Waals surface area contributed by atoms with Gasteiger partial charge in [0.05, 0.1) is 17.6 Å². The van der Waals surface area contributed by atoms with Crippen LogP contribution in [0.1, 0.15) is 11.8 Å². The van der Waals surface area contributed by atoms with Crippen molar-refractivity contribution in [2.75, 3.05) is 12.4 Å². The number of benzene rings is 1. The molecule has 0 aliphatic heterocycles. The van der Waals surface area contributed by atoms with Gasteiger partial charge in [-0.2, -0.15) is 0 Å². The lowest BCUT2D eigenvalue weighted by Gasteiger charge is -2.20. The van der Waals surface area contributed by atoms with E-state index in [0.29, 0.717) is 6.54 Å². The van der Waals surface area contributed by atoms with Gasteiger partial charge in [0.1, 0.15) is 6.54 Å². The fraction of sp³-hybridized carbons (Fsp3) is 0.267. The first-order chi connectivity index (χ1) is 10.4. The van der Waals surface area contributed by atoms with Crippen LogP contribution in [0, 0.1) is 17.5 Å². The van der Waals surface area contributed by atoms with Crippen LogP contribution < -0.4 is 10.2 Å². The van der Waals surface area contributed by atoms with Crippen molar-refractivity contribution in [3.63, 3.8) is 0 Å². The van der Waals surface area contributed by atoms with Crippen LogP contribution in [0.5, 0.6) is 0 Å².